The number of hydrogen-bond donors (Lipinski definition) is 1. The first-order valence-corrected chi connectivity index (χ1v) is 11.3. The molecule has 1 fully saturated rings. The van der Waals surface area contributed by atoms with Crippen LogP contribution in [0, 0.1) is 0 Å². The SMILES string of the molecule is COC1(c2ccc(-c3cnc4c(-c5ccnc6ccccc56)cnn4c3)cc2)CCNCC1. The average molecular weight is 436 g/mol. The van der Waals surface area contributed by atoms with Gasteiger partial charge in [0.05, 0.1) is 17.3 Å². The van der Waals surface area contributed by atoms with Crippen molar-refractivity contribution in [2.45, 2.75) is 18.4 Å². The number of rotatable bonds is 4. The van der Waals surface area contributed by atoms with Crippen molar-refractivity contribution in [1.82, 2.24) is 24.9 Å². The molecule has 1 aliphatic heterocycles. The third kappa shape index (κ3) is 3.39. The monoisotopic (exact) mass is 435 g/mol. The summed E-state index contributed by atoms with van der Waals surface area (Å²) in [6, 6.07) is 18.9. The molecular formula is C27H25N5O. The van der Waals surface area contributed by atoms with E-state index >= 15 is 0 Å². The molecule has 5 aromatic rings. The molecule has 6 heteroatoms. The van der Waals surface area contributed by atoms with E-state index in [1.54, 1.807) is 0 Å². The van der Waals surface area contributed by atoms with E-state index in [-0.39, 0.29) is 5.60 Å². The first-order chi connectivity index (χ1) is 16.3. The number of pyridine rings is 1. The summed E-state index contributed by atoms with van der Waals surface area (Å²) in [5.74, 6) is 0. The van der Waals surface area contributed by atoms with Gasteiger partial charge in [0.2, 0.25) is 0 Å². The van der Waals surface area contributed by atoms with Crippen LogP contribution >= 0.6 is 0 Å². The van der Waals surface area contributed by atoms with Gasteiger partial charge in [-0.15, -0.1) is 0 Å². The zero-order chi connectivity index (χ0) is 22.3. The summed E-state index contributed by atoms with van der Waals surface area (Å²) in [4.78, 5) is 9.27. The van der Waals surface area contributed by atoms with Crippen molar-refractivity contribution in [3.05, 3.63) is 84.9 Å². The normalized spacial score (nSPS) is 15.8. The van der Waals surface area contributed by atoms with Crippen molar-refractivity contribution in [2.24, 2.45) is 0 Å². The second-order valence-electron chi connectivity index (χ2n) is 8.57. The number of methoxy groups -OCH3 is 1. The van der Waals surface area contributed by atoms with Crippen LogP contribution in [-0.4, -0.2) is 39.8 Å². The van der Waals surface area contributed by atoms with Gasteiger partial charge in [-0.2, -0.15) is 5.10 Å². The quantitative estimate of drug-likeness (QED) is 0.438. The third-order valence-corrected chi connectivity index (χ3v) is 6.84. The van der Waals surface area contributed by atoms with Crippen molar-refractivity contribution < 1.29 is 4.74 Å². The fourth-order valence-electron chi connectivity index (χ4n) is 4.95. The van der Waals surface area contributed by atoms with Crippen LogP contribution < -0.4 is 5.32 Å². The van der Waals surface area contributed by atoms with Crippen molar-refractivity contribution in [2.75, 3.05) is 20.2 Å². The Balaban J connectivity index is 1.36. The van der Waals surface area contributed by atoms with Crippen LogP contribution in [0.15, 0.2) is 79.4 Å². The topological polar surface area (TPSA) is 64.3 Å². The minimum absolute atomic E-state index is 0.198. The van der Waals surface area contributed by atoms with Gasteiger partial charge in [-0.1, -0.05) is 42.5 Å². The predicted molar refractivity (Wildman–Crippen MR) is 130 cm³/mol. The van der Waals surface area contributed by atoms with Crippen LogP contribution in [0.4, 0.5) is 0 Å². The minimum atomic E-state index is -0.198. The molecule has 0 saturated carbocycles. The molecule has 0 spiro atoms. The van der Waals surface area contributed by atoms with E-state index in [0.717, 1.165) is 64.7 Å². The van der Waals surface area contributed by atoms with Gasteiger partial charge < -0.3 is 10.1 Å². The van der Waals surface area contributed by atoms with E-state index in [2.05, 4.69) is 45.7 Å². The highest BCUT2D eigenvalue weighted by molar-refractivity contribution is 5.97. The largest absolute Gasteiger partial charge is 0.373 e. The number of aromatic nitrogens is 4. The molecule has 0 radical (unpaired) electrons. The highest BCUT2D eigenvalue weighted by Gasteiger charge is 2.33. The molecule has 1 aliphatic rings. The van der Waals surface area contributed by atoms with Gasteiger partial charge in [0, 0.05) is 42.2 Å². The molecular weight excluding hydrogens is 410 g/mol. The lowest BCUT2D eigenvalue weighted by Gasteiger charge is -2.37. The van der Waals surface area contributed by atoms with Gasteiger partial charge in [0.15, 0.2) is 5.65 Å². The Morgan fingerprint density at radius 3 is 2.52 bits per heavy atom. The number of benzene rings is 2. The molecule has 1 saturated heterocycles. The van der Waals surface area contributed by atoms with Crippen molar-refractivity contribution in [1.29, 1.82) is 0 Å². The van der Waals surface area contributed by atoms with Crippen LogP contribution in [-0.2, 0) is 10.3 Å². The Morgan fingerprint density at radius 2 is 1.70 bits per heavy atom. The van der Waals surface area contributed by atoms with E-state index in [0.29, 0.717) is 0 Å². The molecule has 0 bridgehead atoms. The summed E-state index contributed by atoms with van der Waals surface area (Å²) in [5, 5.41) is 9.13. The number of fused-ring (bicyclic) bond motifs is 2. The maximum atomic E-state index is 5.97. The Bertz CT molecular complexity index is 1430. The standard InChI is InChI=1S/C27H25N5O/c1-33-27(11-14-28-15-12-27)21-8-6-19(7-9-21)20-16-30-26-24(17-31-32(26)18-20)22-10-13-29-25-5-3-2-4-23(22)25/h2-10,13,16-18,28H,11-12,14-15H2,1H3. The predicted octanol–water partition coefficient (Wildman–Crippen LogP) is 4.84. The van der Waals surface area contributed by atoms with Crippen LogP contribution in [0.1, 0.15) is 18.4 Å². The minimum Gasteiger partial charge on any atom is -0.373 e. The first-order valence-electron chi connectivity index (χ1n) is 11.3. The zero-order valence-electron chi connectivity index (χ0n) is 18.5. The fourth-order valence-corrected chi connectivity index (χ4v) is 4.95. The van der Waals surface area contributed by atoms with Crippen molar-refractivity contribution in [3.8, 4) is 22.3 Å². The van der Waals surface area contributed by atoms with Gasteiger partial charge in [0.25, 0.3) is 0 Å². The van der Waals surface area contributed by atoms with Gasteiger partial charge in [-0.05, 0) is 54.8 Å². The third-order valence-electron chi connectivity index (χ3n) is 6.84. The summed E-state index contributed by atoms with van der Waals surface area (Å²) >= 11 is 0. The molecule has 4 heterocycles. The van der Waals surface area contributed by atoms with Crippen LogP contribution in [0.25, 0.3) is 38.8 Å². The highest BCUT2D eigenvalue weighted by Crippen LogP contribution is 2.35. The molecule has 0 atom stereocenters. The Morgan fingerprint density at radius 1 is 0.879 bits per heavy atom. The highest BCUT2D eigenvalue weighted by atomic mass is 16.5. The molecule has 6 nitrogen and oxygen atoms in total. The summed E-state index contributed by atoms with van der Waals surface area (Å²) in [6.07, 6.45) is 9.66. The van der Waals surface area contributed by atoms with Gasteiger partial charge in [0.1, 0.15) is 0 Å². The molecule has 3 aromatic heterocycles. The van der Waals surface area contributed by atoms with E-state index < -0.39 is 0 Å². The second kappa shape index (κ2) is 8.06. The van der Waals surface area contributed by atoms with Crippen molar-refractivity contribution in [3.63, 3.8) is 0 Å². The molecule has 6 rings (SSSR count). The molecule has 0 aliphatic carbocycles. The summed E-state index contributed by atoms with van der Waals surface area (Å²) in [6.45, 7) is 1.95. The van der Waals surface area contributed by atoms with Gasteiger partial charge >= 0.3 is 0 Å². The molecule has 2 aromatic carbocycles. The second-order valence-corrected chi connectivity index (χ2v) is 8.57. The fraction of sp³-hybridized carbons (Fsp3) is 0.222. The van der Waals surface area contributed by atoms with Crippen LogP contribution in [0.2, 0.25) is 0 Å². The van der Waals surface area contributed by atoms with Crippen molar-refractivity contribution >= 4 is 16.6 Å². The number of ether oxygens (including phenoxy) is 1. The van der Waals surface area contributed by atoms with E-state index in [9.17, 15) is 0 Å². The number of hydrogen-bond acceptors (Lipinski definition) is 5. The first kappa shape index (κ1) is 20.0. The van der Waals surface area contributed by atoms with Gasteiger partial charge in [-0.25, -0.2) is 9.50 Å². The summed E-state index contributed by atoms with van der Waals surface area (Å²) in [5.41, 5.74) is 7.06. The smallest absolute Gasteiger partial charge is 0.162 e. The number of para-hydroxylation sites is 1. The lowest BCUT2D eigenvalue weighted by atomic mass is 9.84. The number of nitrogens with zero attached hydrogens (tertiary/aromatic N) is 4. The molecule has 33 heavy (non-hydrogen) atoms. The van der Waals surface area contributed by atoms with Crippen LogP contribution in [0.3, 0.4) is 0 Å². The maximum absolute atomic E-state index is 5.97. The van der Waals surface area contributed by atoms with E-state index in [1.807, 2.05) is 60.7 Å². The molecule has 1 N–H and O–H groups in total. The molecule has 0 unspecified atom stereocenters. The lowest BCUT2D eigenvalue weighted by molar-refractivity contribution is -0.0391. The molecule has 164 valence electrons. The maximum Gasteiger partial charge on any atom is 0.162 e. The average Bonchev–Trinajstić information content (AvgIpc) is 3.32. The van der Waals surface area contributed by atoms with Gasteiger partial charge in [-0.3, -0.25) is 4.98 Å². The van der Waals surface area contributed by atoms with E-state index in [4.69, 9.17) is 9.72 Å². The number of piperidine rings is 1. The zero-order valence-corrected chi connectivity index (χ0v) is 18.5. The molecule has 0 amide bonds. The Hall–Kier alpha value is -3.61. The summed E-state index contributed by atoms with van der Waals surface area (Å²) in [7, 11) is 1.82. The number of nitrogens with one attached hydrogen (secondary N) is 1. The van der Waals surface area contributed by atoms with E-state index in [1.165, 1.54) is 5.56 Å². The van der Waals surface area contributed by atoms with Crippen LogP contribution in [0.5, 0.6) is 0 Å². The summed E-state index contributed by atoms with van der Waals surface area (Å²) < 4.78 is 7.83. The lowest BCUT2D eigenvalue weighted by Crippen LogP contribution is -2.41. The Labute approximate surface area is 192 Å². The Kier molecular flexibility index (Phi) is 4.89.